The molecule has 0 amide bonds. The minimum atomic E-state index is -0.947. The van der Waals surface area contributed by atoms with Gasteiger partial charge < -0.3 is 15.5 Å². The molecule has 0 radical (unpaired) electrons. The molecule has 1 aromatic rings. The summed E-state index contributed by atoms with van der Waals surface area (Å²) in [5.41, 5.74) is 1.61. The summed E-state index contributed by atoms with van der Waals surface area (Å²) in [5.74, 6) is -0.947. The van der Waals surface area contributed by atoms with Crippen LogP contribution in [-0.2, 0) is 4.79 Å². The van der Waals surface area contributed by atoms with Crippen molar-refractivity contribution in [2.45, 2.75) is 13.0 Å². The summed E-state index contributed by atoms with van der Waals surface area (Å²) in [7, 11) is 0. The number of carboxylic acid groups (broad SMARTS) is 1. The van der Waals surface area contributed by atoms with Gasteiger partial charge in [-0.2, -0.15) is 11.3 Å². The van der Waals surface area contributed by atoms with Gasteiger partial charge in [0, 0.05) is 19.2 Å². The van der Waals surface area contributed by atoms with E-state index in [9.17, 15) is 9.90 Å². The molecule has 0 aliphatic carbocycles. The zero-order valence-corrected chi connectivity index (χ0v) is 9.83. The van der Waals surface area contributed by atoms with Gasteiger partial charge in [0.05, 0.1) is 6.10 Å². The van der Waals surface area contributed by atoms with E-state index in [0.717, 1.165) is 17.2 Å². The molecule has 1 heterocycles. The summed E-state index contributed by atoms with van der Waals surface area (Å²) in [5, 5.41) is 25.0. The van der Waals surface area contributed by atoms with Crippen LogP contribution in [0.2, 0.25) is 0 Å². The maximum absolute atomic E-state index is 10.3. The second kappa shape index (κ2) is 6.42. The number of carbonyl (C=O) groups is 1. The molecule has 1 unspecified atom stereocenters. The fourth-order valence-electron chi connectivity index (χ4n) is 1.25. The third kappa shape index (κ3) is 4.57. The van der Waals surface area contributed by atoms with Crippen LogP contribution in [0.1, 0.15) is 18.6 Å². The highest BCUT2D eigenvalue weighted by molar-refractivity contribution is 7.07. The van der Waals surface area contributed by atoms with E-state index in [4.69, 9.17) is 5.11 Å². The molecule has 88 valence electrons. The van der Waals surface area contributed by atoms with Crippen molar-refractivity contribution < 1.29 is 15.0 Å². The van der Waals surface area contributed by atoms with Gasteiger partial charge in [-0.25, -0.2) is 4.79 Å². The molecule has 16 heavy (non-hydrogen) atoms. The SMILES string of the molecule is C/C(=C/C(=O)O)CNCC(O)c1ccsc1. The second-order valence-corrected chi connectivity index (χ2v) is 4.31. The molecule has 0 aliphatic rings. The van der Waals surface area contributed by atoms with E-state index in [1.54, 1.807) is 6.92 Å². The molecule has 0 saturated heterocycles. The number of hydrogen-bond donors (Lipinski definition) is 3. The maximum atomic E-state index is 10.3. The largest absolute Gasteiger partial charge is 0.478 e. The third-order valence-corrected chi connectivity index (χ3v) is 2.74. The summed E-state index contributed by atoms with van der Waals surface area (Å²) in [6.07, 6.45) is 0.619. The van der Waals surface area contributed by atoms with Crippen LogP contribution in [0.25, 0.3) is 0 Å². The predicted molar refractivity (Wildman–Crippen MR) is 63.5 cm³/mol. The van der Waals surface area contributed by atoms with Crippen molar-refractivity contribution >= 4 is 17.3 Å². The van der Waals surface area contributed by atoms with Crippen molar-refractivity contribution in [2.75, 3.05) is 13.1 Å². The quantitative estimate of drug-likeness (QED) is 0.658. The molecule has 0 aromatic carbocycles. The predicted octanol–water partition coefficient (Wildman–Crippen LogP) is 1.40. The van der Waals surface area contributed by atoms with Gasteiger partial charge in [0.2, 0.25) is 0 Å². The van der Waals surface area contributed by atoms with Crippen LogP contribution in [-0.4, -0.2) is 29.3 Å². The van der Waals surface area contributed by atoms with E-state index in [-0.39, 0.29) is 0 Å². The average molecular weight is 241 g/mol. The fourth-order valence-corrected chi connectivity index (χ4v) is 1.96. The Kier molecular flexibility index (Phi) is 5.18. The molecule has 0 saturated carbocycles. The Balaban J connectivity index is 2.28. The number of aliphatic hydroxyl groups excluding tert-OH is 1. The molecule has 1 atom stereocenters. The minimum absolute atomic E-state index is 0.418. The van der Waals surface area contributed by atoms with Gasteiger partial charge in [-0.15, -0.1) is 0 Å². The monoisotopic (exact) mass is 241 g/mol. The molecule has 1 aromatic heterocycles. The van der Waals surface area contributed by atoms with Gasteiger partial charge in [-0.1, -0.05) is 5.57 Å². The molecular weight excluding hydrogens is 226 g/mol. The number of hydrogen-bond acceptors (Lipinski definition) is 4. The topological polar surface area (TPSA) is 69.6 Å². The lowest BCUT2D eigenvalue weighted by Gasteiger charge is -2.10. The van der Waals surface area contributed by atoms with Crippen molar-refractivity contribution in [1.29, 1.82) is 0 Å². The standard InChI is InChI=1S/C11H15NO3S/c1-8(4-11(14)15)5-12-6-10(13)9-2-3-16-7-9/h2-4,7,10,12-13H,5-6H2,1H3,(H,14,15)/b8-4-. The Hall–Kier alpha value is -1.17. The van der Waals surface area contributed by atoms with Crippen LogP contribution >= 0.6 is 11.3 Å². The average Bonchev–Trinajstić information content (AvgIpc) is 2.68. The van der Waals surface area contributed by atoms with Gasteiger partial charge in [-0.3, -0.25) is 0 Å². The molecule has 0 fully saturated rings. The number of nitrogens with one attached hydrogen (secondary N) is 1. The van der Waals surface area contributed by atoms with E-state index >= 15 is 0 Å². The zero-order chi connectivity index (χ0) is 12.0. The van der Waals surface area contributed by atoms with Gasteiger partial charge in [0.15, 0.2) is 0 Å². The number of aliphatic carboxylic acids is 1. The van der Waals surface area contributed by atoms with E-state index in [2.05, 4.69) is 5.32 Å². The van der Waals surface area contributed by atoms with Crippen LogP contribution in [0.5, 0.6) is 0 Å². The number of aliphatic hydroxyl groups is 1. The lowest BCUT2D eigenvalue weighted by atomic mass is 10.2. The van der Waals surface area contributed by atoms with Crippen molar-refractivity contribution in [3.63, 3.8) is 0 Å². The maximum Gasteiger partial charge on any atom is 0.328 e. The lowest BCUT2D eigenvalue weighted by Crippen LogP contribution is -2.23. The first-order valence-corrected chi connectivity index (χ1v) is 5.85. The van der Waals surface area contributed by atoms with Gasteiger partial charge in [-0.05, 0) is 29.3 Å². The molecular formula is C11H15NO3S. The minimum Gasteiger partial charge on any atom is -0.478 e. The lowest BCUT2D eigenvalue weighted by molar-refractivity contribution is -0.131. The summed E-state index contributed by atoms with van der Waals surface area (Å²) in [4.78, 5) is 10.3. The van der Waals surface area contributed by atoms with E-state index < -0.39 is 12.1 Å². The van der Waals surface area contributed by atoms with Crippen molar-refractivity contribution in [2.24, 2.45) is 0 Å². The molecule has 5 heteroatoms. The molecule has 0 aliphatic heterocycles. The number of carboxylic acids is 1. The Morgan fingerprint density at radius 2 is 2.44 bits per heavy atom. The van der Waals surface area contributed by atoms with E-state index in [1.807, 2.05) is 16.8 Å². The first kappa shape index (κ1) is 12.9. The first-order valence-electron chi connectivity index (χ1n) is 4.90. The van der Waals surface area contributed by atoms with Crippen LogP contribution in [0, 0.1) is 0 Å². The Morgan fingerprint density at radius 1 is 1.69 bits per heavy atom. The summed E-state index contributed by atoms with van der Waals surface area (Å²) >= 11 is 1.54. The van der Waals surface area contributed by atoms with Crippen molar-refractivity contribution in [3.8, 4) is 0 Å². The molecule has 4 nitrogen and oxygen atoms in total. The Bertz CT molecular complexity index is 359. The van der Waals surface area contributed by atoms with Crippen LogP contribution in [0.3, 0.4) is 0 Å². The number of thiophene rings is 1. The Labute approximate surface area is 98.2 Å². The van der Waals surface area contributed by atoms with E-state index in [1.165, 1.54) is 11.3 Å². The van der Waals surface area contributed by atoms with Crippen molar-refractivity contribution in [1.82, 2.24) is 5.32 Å². The van der Waals surface area contributed by atoms with Crippen LogP contribution in [0.4, 0.5) is 0 Å². The summed E-state index contributed by atoms with van der Waals surface area (Å²) in [6, 6.07) is 1.87. The van der Waals surface area contributed by atoms with Crippen molar-refractivity contribution in [3.05, 3.63) is 34.0 Å². The Morgan fingerprint density at radius 3 is 3.00 bits per heavy atom. The van der Waals surface area contributed by atoms with Gasteiger partial charge in [0.25, 0.3) is 0 Å². The molecule has 0 bridgehead atoms. The fraction of sp³-hybridized carbons (Fsp3) is 0.364. The first-order chi connectivity index (χ1) is 7.59. The van der Waals surface area contributed by atoms with E-state index in [0.29, 0.717) is 13.1 Å². The summed E-state index contributed by atoms with van der Waals surface area (Å²) in [6.45, 7) is 2.62. The van der Waals surface area contributed by atoms with Crippen LogP contribution < -0.4 is 5.32 Å². The third-order valence-electron chi connectivity index (χ3n) is 2.04. The summed E-state index contributed by atoms with van der Waals surface area (Å²) < 4.78 is 0. The normalized spacial score (nSPS) is 13.8. The molecule has 1 rings (SSSR count). The second-order valence-electron chi connectivity index (χ2n) is 3.53. The molecule has 0 spiro atoms. The van der Waals surface area contributed by atoms with Gasteiger partial charge >= 0.3 is 5.97 Å². The molecule has 3 N–H and O–H groups in total. The van der Waals surface area contributed by atoms with Crippen LogP contribution in [0.15, 0.2) is 28.5 Å². The smallest absolute Gasteiger partial charge is 0.328 e. The highest BCUT2D eigenvalue weighted by atomic mass is 32.1. The number of rotatable bonds is 6. The zero-order valence-electron chi connectivity index (χ0n) is 9.01. The highest BCUT2D eigenvalue weighted by Crippen LogP contribution is 2.14. The van der Waals surface area contributed by atoms with Gasteiger partial charge in [0.1, 0.15) is 0 Å². The highest BCUT2D eigenvalue weighted by Gasteiger charge is 2.06.